The number of nitrogens with two attached hydrogens (primary N) is 1. The van der Waals surface area contributed by atoms with E-state index < -0.39 is 12.0 Å². The number of esters is 1. The molecule has 1 fully saturated rings. The number of carbonyl (C=O) groups excluding carboxylic acids is 3. The van der Waals surface area contributed by atoms with Crippen LogP contribution in [-0.4, -0.2) is 48.9 Å². The molecule has 2 rings (SSSR count). The van der Waals surface area contributed by atoms with Gasteiger partial charge in [0.1, 0.15) is 6.04 Å². The van der Waals surface area contributed by atoms with Crippen LogP contribution in [0.3, 0.4) is 0 Å². The Morgan fingerprint density at radius 1 is 1.43 bits per heavy atom. The number of methoxy groups -OCH3 is 1. The van der Waals surface area contributed by atoms with Crippen molar-refractivity contribution in [3.05, 3.63) is 29.8 Å². The molecular formula is C14H17N3O4. The summed E-state index contributed by atoms with van der Waals surface area (Å²) in [4.78, 5) is 37.3. The van der Waals surface area contributed by atoms with Crippen LogP contribution < -0.4 is 11.1 Å². The van der Waals surface area contributed by atoms with Crippen molar-refractivity contribution >= 4 is 23.5 Å². The smallest absolute Gasteiger partial charge is 0.308 e. The molecule has 0 aliphatic carbocycles. The van der Waals surface area contributed by atoms with E-state index in [-0.39, 0.29) is 18.2 Å². The van der Waals surface area contributed by atoms with Crippen molar-refractivity contribution in [3.63, 3.8) is 0 Å². The lowest BCUT2D eigenvalue weighted by Gasteiger charge is -2.34. The topological polar surface area (TPSA) is 102 Å². The molecule has 1 aromatic carbocycles. The third-order valence-corrected chi connectivity index (χ3v) is 3.37. The molecule has 112 valence electrons. The number of benzene rings is 1. The molecule has 1 aliphatic rings. The van der Waals surface area contributed by atoms with Crippen molar-refractivity contribution in [3.8, 4) is 0 Å². The fourth-order valence-electron chi connectivity index (χ4n) is 2.25. The van der Waals surface area contributed by atoms with Crippen LogP contribution in [0.2, 0.25) is 0 Å². The molecule has 7 nitrogen and oxygen atoms in total. The predicted molar refractivity (Wildman–Crippen MR) is 75.3 cm³/mol. The first-order valence-corrected chi connectivity index (χ1v) is 6.54. The van der Waals surface area contributed by atoms with Crippen molar-refractivity contribution < 1.29 is 19.1 Å². The summed E-state index contributed by atoms with van der Waals surface area (Å²) >= 11 is 0. The zero-order chi connectivity index (χ0) is 15.4. The van der Waals surface area contributed by atoms with E-state index in [2.05, 4.69) is 10.1 Å². The van der Waals surface area contributed by atoms with Gasteiger partial charge in [0.2, 0.25) is 5.91 Å². The first-order chi connectivity index (χ1) is 10.0. The molecule has 2 amide bonds. The van der Waals surface area contributed by atoms with E-state index in [4.69, 9.17) is 5.73 Å². The van der Waals surface area contributed by atoms with Crippen molar-refractivity contribution in [1.82, 2.24) is 10.2 Å². The maximum Gasteiger partial charge on any atom is 0.308 e. The molecule has 1 heterocycles. The summed E-state index contributed by atoms with van der Waals surface area (Å²) < 4.78 is 4.58. The summed E-state index contributed by atoms with van der Waals surface area (Å²) in [6.07, 6.45) is -0.180. The lowest BCUT2D eigenvalue weighted by Crippen LogP contribution is -2.57. The molecule has 0 spiro atoms. The monoisotopic (exact) mass is 291 g/mol. The molecule has 1 aliphatic heterocycles. The highest BCUT2D eigenvalue weighted by molar-refractivity contribution is 6.02. The van der Waals surface area contributed by atoms with E-state index >= 15 is 0 Å². The van der Waals surface area contributed by atoms with Gasteiger partial charge in [-0.1, -0.05) is 12.1 Å². The Labute approximate surface area is 122 Å². The Kier molecular flexibility index (Phi) is 4.42. The molecule has 21 heavy (non-hydrogen) atoms. The van der Waals surface area contributed by atoms with Gasteiger partial charge in [-0.3, -0.25) is 14.4 Å². The lowest BCUT2D eigenvalue weighted by atomic mass is 10.1. The Morgan fingerprint density at radius 3 is 2.81 bits per heavy atom. The number of anilines is 1. The third kappa shape index (κ3) is 3.13. The van der Waals surface area contributed by atoms with Gasteiger partial charge in [-0.15, -0.1) is 0 Å². The molecule has 1 atom stereocenters. The van der Waals surface area contributed by atoms with Crippen LogP contribution in [0.5, 0.6) is 0 Å². The number of nitrogen functional groups attached to an aromatic ring is 1. The van der Waals surface area contributed by atoms with Crippen LogP contribution in [0.4, 0.5) is 5.69 Å². The Hall–Kier alpha value is -2.57. The number of nitrogens with zero attached hydrogens (tertiary/aromatic N) is 1. The summed E-state index contributed by atoms with van der Waals surface area (Å²) in [6, 6.07) is 5.76. The summed E-state index contributed by atoms with van der Waals surface area (Å²) in [5.41, 5.74) is 6.46. The number of amides is 2. The zero-order valence-corrected chi connectivity index (χ0v) is 11.7. The van der Waals surface area contributed by atoms with Gasteiger partial charge in [-0.05, 0) is 12.1 Å². The number of hydrogen-bond donors (Lipinski definition) is 2. The van der Waals surface area contributed by atoms with E-state index in [9.17, 15) is 14.4 Å². The van der Waals surface area contributed by atoms with Crippen LogP contribution in [0, 0.1) is 0 Å². The van der Waals surface area contributed by atoms with Gasteiger partial charge in [-0.25, -0.2) is 0 Å². The van der Waals surface area contributed by atoms with Gasteiger partial charge in [0, 0.05) is 18.8 Å². The van der Waals surface area contributed by atoms with Crippen LogP contribution in [-0.2, 0) is 14.3 Å². The van der Waals surface area contributed by atoms with Crippen molar-refractivity contribution in [2.45, 2.75) is 12.5 Å². The first-order valence-electron chi connectivity index (χ1n) is 6.54. The standard InChI is InChI=1S/C14H17N3O4/c1-21-12(18)8-11-13(19)16-6-7-17(11)14(20)9-4-2-3-5-10(9)15/h2-5,11H,6-8,15H2,1H3,(H,16,19). The summed E-state index contributed by atoms with van der Waals surface area (Å²) in [5.74, 6) is -1.28. The van der Waals surface area contributed by atoms with Crippen LogP contribution in [0.25, 0.3) is 0 Å². The molecule has 0 bridgehead atoms. The highest BCUT2D eigenvalue weighted by Crippen LogP contribution is 2.18. The minimum Gasteiger partial charge on any atom is -0.469 e. The van der Waals surface area contributed by atoms with Crippen molar-refractivity contribution in [2.24, 2.45) is 0 Å². The van der Waals surface area contributed by atoms with E-state index in [1.165, 1.54) is 12.0 Å². The maximum absolute atomic E-state index is 12.6. The quantitative estimate of drug-likeness (QED) is 0.592. The summed E-state index contributed by atoms with van der Waals surface area (Å²) in [7, 11) is 1.24. The number of piperazine rings is 1. The second-order valence-corrected chi connectivity index (χ2v) is 4.67. The number of hydrogen-bond acceptors (Lipinski definition) is 5. The normalized spacial score (nSPS) is 18.0. The van der Waals surface area contributed by atoms with Crippen molar-refractivity contribution in [2.75, 3.05) is 25.9 Å². The molecule has 0 aromatic heterocycles. The van der Waals surface area contributed by atoms with E-state index in [0.717, 1.165) is 0 Å². The Balaban J connectivity index is 2.26. The number of nitrogens with one attached hydrogen (secondary N) is 1. The fourth-order valence-corrected chi connectivity index (χ4v) is 2.25. The lowest BCUT2D eigenvalue weighted by molar-refractivity contribution is -0.145. The Bertz CT molecular complexity index is 573. The van der Waals surface area contributed by atoms with Gasteiger partial charge in [-0.2, -0.15) is 0 Å². The molecular weight excluding hydrogens is 274 g/mol. The highest BCUT2D eigenvalue weighted by Gasteiger charge is 2.35. The maximum atomic E-state index is 12.6. The molecule has 1 unspecified atom stereocenters. The van der Waals surface area contributed by atoms with Crippen molar-refractivity contribution in [1.29, 1.82) is 0 Å². The van der Waals surface area contributed by atoms with E-state index in [1.807, 2.05) is 0 Å². The van der Waals surface area contributed by atoms with Gasteiger partial charge >= 0.3 is 5.97 Å². The predicted octanol–water partition coefficient (Wildman–Crippen LogP) is -0.227. The van der Waals surface area contributed by atoms with Crippen LogP contribution in [0.1, 0.15) is 16.8 Å². The minimum atomic E-state index is -0.877. The summed E-state index contributed by atoms with van der Waals surface area (Å²) in [6.45, 7) is 0.662. The molecule has 3 N–H and O–H groups in total. The average molecular weight is 291 g/mol. The molecule has 0 saturated carbocycles. The zero-order valence-electron chi connectivity index (χ0n) is 11.7. The summed E-state index contributed by atoms with van der Waals surface area (Å²) in [5, 5.41) is 2.64. The van der Waals surface area contributed by atoms with Gasteiger partial charge < -0.3 is 20.7 Å². The van der Waals surface area contributed by atoms with Gasteiger partial charge in [0.25, 0.3) is 5.91 Å². The van der Waals surface area contributed by atoms with Crippen LogP contribution >= 0.6 is 0 Å². The number of ether oxygens (including phenoxy) is 1. The largest absolute Gasteiger partial charge is 0.469 e. The number of carbonyl (C=O) groups is 3. The molecule has 0 radical (unpaired) electrons. The van der Waals surface area contributed by atoms with E-state index in [1.54, 1.807) is 24.3 Å². The third-order valence-electron chi connectivity index (χ3n) is 3.37. The molecule has 1 aromatic rings. The van der Waals surface area contributed by atoms with E-state index in [0.29, 0.717) is 24.3 Å². The number of rotatable bonds is 3. The Morgan fingerprint density at radius 2 is 2.14 bits per heavy atom. The van der Waals surface area contributed by atoms with Crippen LogP contribution in [0.15, 0.2) is 24.3 Å². The SMILES string of the molecule is COC(=O)CC1C(=O)NCCN1C(=O)c1ccccc1N. The average Bonchev–Trinajstić information content (AvgIpc) is 2.49. The molecule has 1 saturated heterocycles. The highest BCUT2D eigenvalue weighted by atomic mass is 16.5. The van der Waals surface area contributed by atoms with Gasteiger partial charge in [0.05, 0.1) is 19.1 Å². The van der Waals surface area contributed by atoms with Gasteiger partial charge in [0.15, 0.2) is 0 Å². The fraction of sp³-hybridized carbons (Fsp3) is 0.357. The second kappa shape index (κ2) is 6.25. The number of para-hydroxylation sites is 1. The second-order valence-electron chi connectivity index (χ2n) is 4.67. The minimum absolute atomic E-state index is 0.180. The molecule has 7 heteroatoms. The first kappa shape index (κ1) is 14.8.